The number of likely N-dealkylation sites (N-methyl/N-ethyl adjacent to an activating group) is 1. The van der Waals surface area contributed by atoms with Crippen molar-refractivity contribution in [1.29, 1.82) is 0 Å². The number of rotatable bonds is 9. The van der Waals surface area contributed by atoms with Gasteiger partial charge in [-0.15, -0.1) is 0 Å². The van der Waals surface area contributed by atoms with Gasteiger partial charge in [0.1, 0.15) is 12.2 Å². The lowest BCUT2D eigenvalue weighted by Crippen LogP contribution is -2.57. The molecule has 0 unspecified atom stereocenters. The molecule has 0 aliphatic carbocycles. The lowest BCUT2D eigenvalue weighted by Gasteiger charge is -2.45. The van der Waals surface area contributed by atoms with Gasteiger partial charge in [-0.1, -0.05) is 0 Å². The minimum atomic E-state index is -0.336. The molecule has 0 N–H and O–H groups in total. The molecule has 1 aliphatic heterocycles. The van der Waals surface area contributed by atoms with Gasteiger partial charge in [-0.25, -0.2) is 0 Å². The van der Waals surface area contributed by atoms with Crippen LogP contribution in [0.5, 0.6) is 0 Å². The number of hydrogen-bond donors (Lipinski definition) is 0. The van der Waals surface area contributed by atoms with Crippen molar-refractivity contribution in [2.45, 2.75) is 156 Å². The average Bonchev–Trinajstić information content (AvgIpc) is 2.86. The van der Waals surface area contributed by atoms with E-state index in [4.69, 9.17) is 18.9 Å². The summed E-state index contributed by atoms with van der Waals surface area (Å²) >= 11 is 0. The maximum Gasteiger partial charge on any atom is 0.114 e. The van der Waals surface area contributed by atoms with Crippen molar-refractivity contribution < 1.29 is 18.9 Å². The third-order valence-corrected chi connectivity index (χ3v) is 5.58. The molecule has 0 radical (unpaired) electrons. The standard InChI is InChI=1S/C26H53NO4/c1-18(2)28-21(19-15-16-26(12,13)30-19)22(31-25(9,10)11)20(29-24(6,7)8)17-27(14)23(3,4)5/h18-22H,15-17H2,1-14H3/t19-,20+,21-,22-/m1/s1. The molecule has 5 nitrogen and oxygen atoms in total. The van der Waals surface area contributed by atoms with Gasteiger partial charge in [-0.2, -0.15) is 0 Å². The predicted molar refractivity (Wildman–Crippen MR) is 130 cm³/mol. The van der Waals surface area contributed by atoms with E-state index in [0.717, 1.165) is 19.4 Å². The van der Waals surface area contributed by atoms with Gasteiger partial charge >= 0.3 is 0 Å². The van der Waals surface area contributed by atoms with Crippen molar-refractivity contribution in [2.24, 2.45) is 0 Å². The molecule has 4 atom stereocenters. The van der Waals surface area contributed by atoms with Gasteiger partial charge in [0.2, 0.25) is 0 Å². The summed E-state index contributed by atoms with van der Waals surface area (Å²) in [5.74, 6) is 0. The van der Waals surface area contributed by atoms with Gasteiger partial charge in [0.05, 0.1) is 35.1 Å². The molecule has 0 spiro atoms. The van der Waals surface area contributed by atoms with Gasteiger partial charge < -0.3 is 18.9 Å². The molecule has 5 heteroatoms. The van der Waals surface area contributed by atoms with E-state index in [1.807, 2.05) is 0 Å². The number of hydrogen-bond acceptors (Lipinski definition) is 5. The van der Waals surface area contributed by atoms with Crippen LogP contribution in [0.25, 0.3) is 0 Å². The lowest BCUT2D eigenvalue weighted by molar-refractivity contribution is -0.235. The summed E-state index contributed by atoms with van der Waals surface area (Å²) in [6, 6.07) is 0. The second kappa shape index (κ2) is 10.4. The van der Waals surface area contributed by atoms with Crippen molar-refractivity contribution in [3.05, 3.63) is 0 Å². The molecule has 31 heavy (non-hydrogen) atoms. The maximum absolute atomic E-state index is 6.75. The van der Waals surface area contributed by atoms with Gasteiger partial charge in [-0.3, -0.25) is 4.90 Å². The normalized spacial score (nSPS) is 23.4. The molecule has 0 aromatic heterocycles. The van der Waals surface area contributed by atoms with E-state index in [0.29, 0.717) is 0 Å². The van der Waals surface area contributed by atoms with Crippen LogP contribution in [0.3, 0.4) is 0 Å². The third kappa shape index (κ3) is 10.5. The van der Waals surface area contributed by atoms with Crippen LogP contribution in [0.1, 0.15) is 103 Å². The summed E-state index contributed by atoms with van der Waals surface area (Å²) in [7, 11) is 2.15. The zero-order valence-corrected chi connectivity index (χ0v) is 23.1. The molecule has 1 rings (SSSR count). The summed E-state index contributed by atoms with van der Waals surface area (Å²) in [4.78, 5) is 2.34. The van der Waals surface area contributed by atoms with Crippen molar-refractivity contribution in [2.75, 3.05) is 13.6 Å². The first-order chi connectivity index (χ1) is 13.7. The predicted octanol–water partition coefficient (Wildman–Crippen LogP) is 5.84. The van der Waals surface area contributed by atoms with Gasteiger partial charge in [-0.05, 0) is 110 Å². The highest BCUT2D eigenvalue weighted by molar-refractivity contribution is 4.95. The highest BCUT2D eigenvalue weighted by atomic mass is 16.6. The molecule has 186 valence electrons. The van der Waals surface area contributed by atoms with Gasteiger partial charge in [0, 0.05) is 12.1 Å². The van der Waals surface area contributed by atoms with Gasteiger partial charge in [0.25, 0.3) is 0 Å². The third-order valence-electron chi connectivity index (χ3n) is 5.58. The number of nitrogens with zero attached hydrogens (tertiary/aromatic N) is 1. The van der Waals surface area contributed by atoms with E-state index in [-0.39, 0.29) is 52.9 Å². The van der Waals surface area contributed by atoms with E-state index < -0.39 is 0 Å². The highest BCUT2D eigenvalue weighted by Gasteiger charge is 2.46. The summed E-state index contributed by atoms with van der Waals surface area (Å²) in [6.07, 6.45) is 1.40. The first kappa shape index (κ1) is 28.8. The molecule has 1 heterocycles. The van der Waals surface area contributed by atoms with E-state index in [2.05, 4.69) is 102 Å². The van der Waals surface area contributed by atoms with Crippen LogP contribution in [-0.2, 0) is 18.9 Å². The van der Waals surface area contributed by atoms with E-state index in [1.54, 1.807) is 0 Å². The van der Waals surface area contributed by atoms with Crippen LogP contribution >= 0.6 is 0 Å². The SMILES string of the molecule is CC(C)O[C@@H]([C@H](OC(C)(C)C)[C@H](CN(C)C(C)(C)C)OC(C)(C)C)[C@H]1CCC(C)(C)O1. The molecule has 0 bridgehead atoms. The summed E-state index contributed by atoms with van der Waals surface area (Å²) in [5.41, 5.74) is -0.762. The Morgan fingerprint density at radius 3 is 1.81 bits per heavy atom. The molecule has 1 fully saturated rings. The van der Waals surface area contributed by atoms with Gasteiger partial charge in [0.15, 0.2) is 0 Å². The van der Waals surface area contributed by atoms with Crippen molar-refractivity contribution in [1.82, 2.24) is 4.90 Å². The van der Waals surface area contributed by atoms with Crippen LogP contribution in [-0.4, -0.2) is 71.4 Å². The van der Waals surface area contributed by atoms with E-state index in [1.165, 1.54) is 0 Å². The Hall–Kier alpha value is -0.200. The maximum atomic E-state index is 6.75. The minimum absolute atomic E-state index is 0.0178. The summed E-state index contributed by atoms with van der Waals surface area (Å²) in [5, 5.41) is 0. The molecule has 0 aromatic carbocycles. The second-order valence-corrected chi connectivity index (χ2v) is 13.1. The minimum Gasteiger partial charge on any atom is -0.370 e. The smallest absolute Gasteiger partial charge is 0.114 e. The first-order valence-corrected chi connectivity index (χ1v) is 12.1. The molecule has 0 amide bonds. The fourth-order valence-corrected chi connectivity index (χ4v) is 3.91. The monoisotopic (exact) mass is 443 g/mol. The fraction of sp³-hybridized carbons (Fsp3) is 1.00. The van der Waals surface area contributed by atoms with Crippen LogP contribution in [0, 0.1) is 0 Å². The van der Waals surface area contributed by atoms with E-state index in [9.17, 15) is 0 Å². The Morgan fingerprint density at radius 1 is 0.935 bits per heavy atom. The van der Waals surface area contributed by atoms with Crippen molar-refractivity contribution >= 4 is 0 Å². The fourth-order valence-electron chi connectivity index (χ4n) is 3.91. The molecular formula is C26H53NO4. The van der Waals surface area contributed by atoms with Crippen LogP contribution in [0.4, 0.5) is 0 Å². The largest absolute Gasteiger partial charge is 0.370 e. The molecule has 1 saturated heterocycles. The molecule has 0 saturated carbocycles. The zero-order chi connectivity index (χ0) is 24.4. The van der Waals surface area contributed by atoms with Crippen LogP contribution in [0.15, 0.2) is 0 Å². The Bertz CT molecular complexity index is 539. The topological polar surface area (TPSA) is 40.2 Å². The number of ether oxygens (including phenoxy) is 4. The van der Waals surface area contributed by atoms with E-state index >= 15 is 0 Å². The Labute approximate surface area is 193 Å². The van der Waals surface area contributed by atoms with Crippen molar-refractivity contribution in [3.8, 4) is 0 Å². The zero-order valence-electron chi connectivity index (χ0n) is 23.1. The van der Waals surface area contributed by atoms with Crippen LogP contribution in [0.2, 0.25) is 0 Å². The second-order valence-electron chi connectivity index (χ2n) is 13.1. The molecule has 1 aliphatic rings. The molecular weight excluding hydrogens is 390 g/mol. The summed E-state index contributed by atoms with van der Waals surface area (Å²) in [6.45, 7) is 28.6. The first-order valence-electron chi connectivity index (χ1n) is 12.1. The highest BCUT2D eigenvalue weighted by Crippen LogP contribution is 2.36. The lowest BCUT2D eigenvalue weighted by atomic mass is 9.95. The Morgan fingerprint density at radius 2 is 1.45 bits per heavy atom. The molecule has 0 aromatic rings. The summed E-state index contributed by atoms with van der Waals surface area (Å²) < 4.78 is 26.5. The quantitative estimate of drug-likeness (QED) is 0.448. The average molecular weight is 444 g/mol. The van der Waals surface area contributed by atoms with Crippen molar-refractivity contribution in [3.63, 3.8) is 0 Å². The Balaban J connectivity index is 3.40. The Kier molecular flexibility index (Phi) is 9.65. The van der Waals surface area contributed by atoms with Crippen LogP contribution < -0.4 is 0 Å².